The fraction of sp³-hybridized carbons (Fsp3) is 0.00775. The lowest BCUT2D eigenvalue weighted by Crippen LogP contribution is -1.93. The van der Waals surface area contributed by atoms with Crippen LogP contribution in [0.5, 0.6) is 0 Å². The summed E-state index contributed by atoms with van der Waals surface area (Å²) in [5.74, 6) is 0. The van der Waals surface area contributed by atoms with Crippen LogP contribution in [0.15, 0.2) is 425 Å². The summed E-state index contributed by atoms with van der Waals surface area (Å²) in [4.78, 5) is 0. The zero-order valence-corrected chi connectivity index (χ0v) is 69.4. The second-order valence-electron chi connectivity index (χ2n) is 35.8. The van der Waals surface area contributed by atoms with Gasteiger partial charge in [-0.1, -0.05) is 440 Å². The Morgan fingerprint density at radius 2 is 0.300 bits per heavy atom. The highest BCUT2D eigenvalue weighted by atomic mass is 14.4. The van der Waals surface area contributed by atoms with Crippen molar-refractivity contribution in [1.82, 2.24) is 0 Å². The lowest BCUT2D eigenvalue weighted by Gasteiger charge is -2.20. The van der Waals surface area contributed by atoms with E-state index >= 15 is 0 Å². The smallest absolute Gasteiger partial charge is 0 e. The Hall–Kier alpha value is -16.6. The monoisotopic (exact) mass is 1640 g/mol. The maximum atomic E-state index is 5.00. The SMILES string of the molecule is C.[2H][2H].[BH4-].c1ccc(-c2c3c(c(-c4ccccc4)c4ccccc24)-c2ccc(-c4ccc5c6c(-c7ccccc7)c7cccc8c9ccccc9c(c78)c6c6cccc4c56)c4cccc-3c24)cc1.c1ccc(-c2c3c(c(-c4ccccc4)c4ccccc24)-c2ccc4c5ccc6c7c(ccc(c8ccc-3c2c84)c57)c2c(-c3ccccc3)c3cccc4c5ccccc5c(c34)c62)cc1. The summed E-state index contributed by atoms with van der Waals surface area (Å²) in [5.41, 5.74) is 28.6. The van der Waals surface area contributed by atoms with Crippen molar-refractivity contribution in [3.63, 3.8) is 0 Å². The van der Waals surface area contributed by atoms with Gasteiger partial charge in [-0.05, 0) is 316 Å². The first-order valence-corrected chi connectivity index (χ1v) is 45.0. The third-order valence-electron chi connectivity index (χ3n) is 29.9. The lowest BCUT2D eigenvalue weighted by atomic mass is 9.82. The highest BCUT2D eigenvalue weighted by molar-refractivity contribution is 6.53. The van der Waals surface area contributed by atoms with Gasteiger partial charge in [-0.2, -0.15) is 0 Å². The first-order chi connectivity index (χ1) is 64.7. The Labute approximate surface area is 754 Å². The summed E-state index contributed by atoms with van der Waals surface area (Å²) in [6.45, 7) is 0. The Morgan fingerprint density at radius 3 is 0.708 bits per heavy atom. The highest BCUT2D eigenvalue weighted by Crippen LogP contribution is 2.65. The molecule has 0 radical (unpaired) electrons. The average molecular weight is 1640 g/mol. The van der Waals surface area contributed by atoms with E-state index in [1.54, 1.807) is 0 Å². The van der Waals surface area contributed by atoms with Gasteiger partial charge in [0.25, 0.3) is 0 Å². The molecule has 0 spiro atoms. The first kappa shape index (κ1) is 71.7. The van der Waals surface area contributed by atoms with E-state index in [9.17, 15) is 0 Å². The van der Waals surface area contributed by atoms with Gasteiger partial charge in [-0.15, -0.1) is 0 Å². The molecule has 0 saturated heterocycles. The summed E-state index contributed by atoms with van der Waals surface area (Å²) >= 11 is 0. The van der Waals surface area contributed by atoms with E-state index in [0.717, 1.165) is 0 Å². The third-order valence-corrected chi connectivity index (χ3v) is 29.9. The van der Waals surface area contributed by atoms with Crippen molar-refractivity contribution in [2.45, 2.75) is 7.43 Å². The zero-order valence-electron chi connectivity index (χ0n) is 71.4. The van der Waals surface area contributed by atoms with E-state index < -0.39 is 0 Å². The quantitative estimate of drug-likeness (QED) is 0.0848. The minimum atomic E-state index is 0. The van der Waals surface area contributed by atoms with Crippen LogP contribution in [0.2, 0.25) is 0 Å². The minimum Gasteiger partial charge on any atom is -0.0776 e. The van der Waals surface area contributed by atoms with Crippen molar-refractivity contribution in [3.8, 4) is 122 Å². The van der Waals surface area contributed by atoms with Crippen molar-refractivity contribution < 1.29 is 2.97 Å². The van der Waals surface area contributed by atoms with E-state index in [1.807, 2.05) is 0 Å². The second kappa shape index (κ2) is 27.0. The third kappa shape index (κ3) is 9.34. The zero-order chi connectivity index (χ0) is 85.0. The molecule has 600 valence electrons. The molecule has 2 aliphatic carbocycles. The van der Waals surface area contributed by atoms with Crippen molar-refractivity contribution >= 4 is 202 Å². The van der Waals surface area contributed by atoms with Crippen LogP contribution in [0.3, 0.4) is 0 Å². The van der Waals surface area contributed by atoms with Gasteiger partial charge in [0.15, 0.2) is 0 Å². The van der Waals surface area contributed by atoms with E-state index in [2.05, 4.69) is 425 Å². The molecule has 1 heteroatoms. The van der Waals surface area contributed by atoms with E-state index in [1.165, 1.54) is 316 Å². The van der Waals surface area contributed by atoms with Gasteiger partial charge in [0.05, 0.1) is 0 Å². The van der Waals surface area contributed by atoms with Gasteiger partial charge in [0.1, 0.15) is 0 Å². The number of rotatable bonds is 7. The van der Waals surface area contributed by atoms with Gasteiger partial charge in [0.2, 0.25) is 0 Å². The van der Waals surface area contributed by atoms with Crippen LogP contribution < -0.4 is 0 Å². The molecule has 0 amide bonds. The average Bonchev–Trinajstić information content (AvgIpc) is 1.51. The molecule has 130 heavy (non-hydrogen) atoms. The molecule has 0 aliphatic heterocycles. The molecule has 0 bridgehead atoms. The Kier molecular flexibility index (Phi) is 14.9. The number of fused-ring (bicyclic) bond motifs is 24. The topological polar surface area (TPSA) is 0 Å². The standard InChI is InChI=1S/C64H34.C64H36.CH4.BH4.H2/c1-4-15-35(16-5-1)52-41-23-12-13-24-42(41)53(36-17-6-2-7-18-36)62-49-32-28-44-46-30-34-51-59-50(33-29-45(56(46)59)43-27-31-48(61(52)62)58(49)55(43)44)63-54(37-19-8-3-9-20-37)47-26-14-25-39-38-21-10-11-22-40(38)60(57(39)47)64(51)63;1-4-17-37(18-5-1)54-47-25-12-13-26-48(47)55(38-19-6-2-7-20-38)62-52-35-33-41(43-27-14-31-50(57(43)52)61(54)62)42-34-36-53-58-44(42)28-15-32-51(58)64-60-46-24-11-10-23-40(46)45-29-16-30-49(59(45)60)56(63(53)64)39-21-8-3-9-22-39;;;/h1-34H;1-36H;2*1H4;1H/q;;;-1;/i;;;;1+1D. The molecule has 2 aliphatic rings. The summed E-state index contributed by atoms with van der Waals surface area (Å²) in [6.07, 6.45) is 0. The molecule has 0 N–H and O–H groups in total. The van der Waals surface area contributed by atoms with E-state index in [-0.39, 0.29) is 15.8 Å². The number of hydrogen-bond acceptors (Lipinski definition) is 0. The Balaban J connectivity index is 0.000000131. The highest BCUT2D eigenvalue weighted by Gasteiger charge is 2.37. The minimum absolute atomic E-state index is 0. The summed E-state index contributed by atoms with van der Waals surface area (Å²) in [5, 5.41) is 48.2. The van der Waals surface area contributed by atoms with Crippen molar-refractivity contribution in [3.05, 3.63) is 425 Å². The molecule has 31 rings (SSSR count). The predicted octanol–water partition coefficient (Wildman–Crippen LogP) is 35.7. The van der Waals surface area contributed by atoms with Crippen LogP contribution in [0.25, 0.3) is 316 Å². The Bertz CT molecular complexity index is 9670. The van der Waals surface area contributed by atoms with E-state index in [4.69, 9.17) is 2.97 Å². The lowest BCUT2D eigenvalue weighted by molar-refractivity contribution is 1.62. The van der Waals surface area contributed by atoms with Crippen molar-refractivity contribution in [2.75, 3.05) is 0 Å². The largest absolute Gasteiger partial charge is 0.0776 e. The summed E-state index contributed by atoms with van der Waals surface area (Å²) < 4.78 is 10.0. The maximum Gasteiger partial charge on any atom is 0 e. The van der Waals surface area contributed by atoms with Crippen molar-refractivity contribution in [2.24, 2.45) is 0 Å². The van der Waals surface area contributed by atoms with E-state index in [0.29, 0.717) is 0 Å². The fourth-order valence-corrected chi connectivity index (χ4v) is 25.2. The molecule has 29 aromatic rings. The van der Waals surface area contributed by atoms with Gasteiger partial charge in [-0.25, -0.2) is 0 Å². The first-order valence-electron chi connectivity index (χ1n) is 46.0. The molecule has 0 nitrogen and oxygen atoms in total. The Morgan fingerprint density at radius 1 is 0.100 bits per heavy atom. The molecule has 0 heterocycles. The maximum absolute atomic E-state index is 5.00. The molecule has 0 aromatic heterocycles. The predicted molar refractivity (Wildman–Crippen MR) is 571 cm³/mol. The van der Waals surface area contributed by atoms with Gasteiger partial charge >= 0.3 is 0 Å². The van der Waals surface area contributed by atoms with Gasteiger partial charge < -0.3 is 0 Å². The molecular weight excluding hydrogens is 1560 g/mol. The van der Waals surface area contributed by atoms with Crippen molar-refractivity contribution in [1.29, 1.82) is 0 Å². The molecule has 0 fully saturated rings. The molecule has 29 aromatic carbocycles. The van der Waals surface area contributed by atoms with Crippen LogP contribution in [-0.2, 0) is 0 Å². The van der Waals surface area contributed by atoms with Gasteiger partial charge in [-0.3, -0.25) is 0 Å². The fourth-order valence-electron chi connectivity index (χ4n) is 25.2. The molecule has 0 saturated carbocycles. The van der Waals surface area contributed by atoms with Crippen LogP contribution in [0, 0.1) is 0 Å². The van der Waals surface area contributed by atoms with Crippen LogP contribution in [0.1, 0.15) is 10.4 Å². The van der Waals surface area contributed by atoms with Crippen LogP contribution in [0.4, 0.5) is 0 Å². The number of hydrogen-bond donors (Lipinski definition) is 0. The number of benzene rings is 25. The second-order valence-corrected chi connectivity index (χ2v) is 35.8. The van der Waals surface area contributed by atoms with Crippen LogP contribution in [-0.4, -0.2) is 8.41 Å². The molecule has 0 unspecified atom stereocenters. The van der Waals surface area contributed by atoms with Gasteiger partial charge in [0, 0.05) is 2.97 Å². The molecular formula is C129H80B-. The normalized spacial score (nSPS) is 12.4. The summed E-state index contributed by atoms with van der Waals surface area (Å²) in [6, 6.07) is 160. The van der Waals surface area contributed by atoms with Crippen LogP contribution >= 0.6 is 0 Å². The summed E-state index contributed by atoms with van der Waals surface area (Å²) in [7, 11) is 0. The molecule has 0 atom stereocenters.